The van der Waals surface area contributed by atoms with E-state index < -0.39 is 0 Å². The van der Waals surface area contributed by atoms with Gasteiger partial charge in [0.15, 0.2) is 0 Å². The molecule has 1 aliphatic heterocycles. The van der Waals surface area contributed by atoms with Crippen LogP contribution in [-0.2, 0) is 29.7 Å². The van der Waals surface area contributed by atoms with E-state index in [4.69, 9.17) is 9.47 Å². The minimum atomic E-state index is -0.374. The normalized spacial score (nSPS) is 17.2. The van der Waals surface area contributed by atoms with Gasteiger partial charge in [-0.2, -0.15) is 0 Å². The average Bonchev–Trinajstić information content (AvgIpc) is 3.22. The zero-order valence-electron chi connectivity index (χ0n) is 23.8. The second-order valence-electron chi connectivity index (χ2n) is 10.8. The number of ether oxygens (including phenoxy) is 2. The highest BCUT2D eigenvalue weighted by Gasteiger charge is 2.31. The van der Waals surface area contributed by atoms with E-state index in [9.17, 15) is 4.79 Å². The van der Waals surface area contributed by atoms with Gasteiger partial charge in [-0.25, -0.2) is 4.68 Å². The van der Waals surface area contributed by atoms with Gasteiger partial charge in [0.1, 0.15) is 17.4 Å². The first-order chi connectivity index (χ1) is 18.8. The molecule has 4 aromatic rings. The largest absolute Gasteiger partial charge is 0.489 e. The summed E-state index contributed by atoms with van der Waals surface area (Å²) in [6, 6.07) is 19.1. The molecule has 0 spiro atoms. The summed E-state index contributed by atoms with van der Waals surface area (Å²) in [5.41, 5.74) is 8.73. The number of nitrogens with zero attached hydrogens (tertiary/aromatic N) is 4. The molecule has 0 aliphatic carbocycles. The van der Waals surface area contributed by atoms with Crippen LogP contribution in [0.1, 0.15) is 59.6 Å². The van der Waals surface area contributed by atoms with Crippen LogP contribution in [0.2, 0.25) is 0 Å². The highest BCUT2D eigenvalue weighted by Crippen LogP contribution is 2.38. The lowest BCUT2D eigenvalue weighted by molar-refractivity contribution is -0.145. The van der Waals surface area contributed by atoms with Crippen LogP contribution < -0.4 is 4.74 Å². The lowest BCUT2D eigenvalue weighted by Crippen LogP contribution is -2.32. The van der Waals surface area contributed by atoms with Crippen LogP contribution in [0.25, 0.3) is 11.0 Å². The molecule has 204 valence electrons. The zero-order valence-corrected chi connectivity index (χ0v) is 23.8. The molecule has 0 N–H and O–H groups in total. The summed E-state index contributed by atoms with van der Waals surface area (Å²) < 4.78 is 13.3. The number of methoxy groups -OCH3 is 1. The van der Waals surface area contributed by atoms with Crippen molar-refractivity contribution in [2.45, 2.75) is 59.2 Å². The Labute approximate surface area is 230 Å². The fraction of sp³-hybridized carbons (Fsp3) is 0.406. The first-order valence-corrected chi connectivity index (χ1v) is 13.7. The van der Waals surface area contributed by atoms with Crippen LogP contribution in [0, 0.1) is 19.8 Å². The Morgan fingerprint density at radius 1 is 1.15 bits per heavy atom. The molecular formula is C32H38N4O3. The molecule has 0 radical (unpaired) electrons. The number of fused-ring (bicyclic) bond motifs is 2. The van der Waals surface area contributed by atoms with Gasteiger partial charge in [-0.1, -0.05) is 61.5 Å². The molecule has 39 heavy (non-hydrogen) atoms. The second kappa shape index (κ2) is 11.2. The predicted octanol–water partition coefficient (Wildman–Crippen LogP) is 5.70. The van der Waals surface area contributed by atoms with E-state index in [1.165, 1.54) is 23.8 Å². The number of esters is 1. The first kappa shape index (κ1) is 26.9. The van der Waals surface area contributed by atoms with Crippen molar-refractivity contribution in [3.05, 3.63) is 88.0 Å². The van der Waals surface area contributed by atoms with Crippen molar-refractivity contribution in [1.82, 2.24) is 19.9 Å². The molecule has 0 saturated carbocycles. The minimum absolute atomic E-state index is 0.144. The maximum absolute atomic E-state index is 12.9. The summed E-state index contributed by atoms with van der Waals surface area (Å²) in [5.74, 6) is 0.202. The maximum Gasteiger partial charge on any atom is 0.309 e. The van der Waals surface area contributed by atoms with Crippen LogP contribution in [0.5, 0.6) is 5.75 Å². The van der Waals surface area contributed by atoms with Crippen molar-refractivity contribution in [3.63, 3.8) is 0 Å². The molecular weight excluding hydrogens is 488 g/mol. The molecule has 2 heterocycles. The van der Waals surface area contributed by atoms with E-state index in [1.807, 2.05) is 26.1 Å². The van der Waals surface area contributed by atoms with E-state index in [-0.39, 0.29) is 23.9 Å². The van der Waals surface area contributed by atoms with Gasteiger partial charge in [-0.3, -0.25) is 9.69 Å². The molecule has 0 bridgehead atoms. The summed E-state index contributed by atoms with van der Waals surface area (Å²) in [7, 11) is 3.35. The van der Waals surface area contributed by atoms with E-state index >= 15 is 0 Å². The molecule has 1 aromatic heterocycles. The van der Waals surface area contributed by atoms with Gasteiger partial charge in [-0.15, -0.1) is 5.10 Å². The van der Waals surface area contributed by atoms with Gasteiger partial charge in [0, 0.05) is 38.2 Å². The Hall–Kier alpha value is -3.71. The van der Waals surface area contributed by atoms with Crippen molar-refractivity contribution in [2.75, 3.05) is 13.7 Å². The van der Waals surface area contributed by atoms with Crippen molar-refractivity contribution >= 4 is 17.0 Å². The number of hydrogen-bond acceptors (Lipinski definition) is 6. The molecule has 0 saturated heterocycles. The quantitative estimate of drug-likeness (QED) is 0.288. The van der Waals surface area contributed by atoms with Crippen LogP contribution in [0.4, 0.5) is 0 Å². The number of para-hydroxylation sites is 1. The number of carbonyl (C=O) groups excluding carboxylic acids is 1. The van der Waals surface area contributed by atoms with Gasteiger partial charge < -0.3 is 9.47 Å². The summed E-state index contributed by atoms with van der Waals surface area (Å²) in [4.78, 5) is 15.4. The van der Waals surface area contributed by atoms with Crippen molar-refractivity contribution in [2.24, 2.45) is 13.0 Å². The van der Waals surface area contributed by atoms with Crippen molar-refractivity contribution < 1.29 is 14.3 Å². The molecule has 7 heteroatoms. The monoisotopic (exact) mass is 526 g/mol. The Balaban J connectivity index is 1.54. The Morgan fingerprint density at radius 2 is 1.95 bits per heavy atom. The summed E-state index contributed by atoms with van der Waals surface area (Å²) >= 11 is 0. The fourth-order valence-corrected chi connectivity index (χ4v) is 5.83. The van der Waals surface area contributed by atoms with Gasteiger partial charge >= 0.3 is 5.97 Å². The topological polar surface area (TPSA) is 69.5 Å². The molecule has 1 aliphatic rings. The summed E-state index contributed by atoms with van der Waals surface area (Å²) in [6.07, 6.45) is 1.10. The van der Waals surface area contributed by atoms with Gasteiger partial charge in [0.25, 0.3) is 0 Å². The number of aromatic nitrogens is 3. The third kappa shape index (κ3) is 5.28. The number of benzene rings is 3. The highest BCUT2D eigenvalue weighted by atomic mass is 16.5. The van der Waals surface area contributed by atoms with Crippen LogP contribution in [-0.4, -0.2) is 45.6 Å². The molecule has 3 aromatic carbocycles. The van der Waals surface area contributed by atoms with Gasteiger partial charge in [0.05, 0.1) is 18.5 Å². The van der Waals surface area contributed by atoms with Gasteiger partial charge in [0.2, 0.25) is 0 Å². The lowest BCUT2D eigenvalue weighted by Gasteiger charge is -2.27. The number of aryl methyl sites for hydroxylation is 3. The summed E-state index contributed by atoms with van der Waals surface area (Å²) in [6.45, 7) is 10.9. The lowest BCUT2D eigenvalue weighted by atomic mass is 9.78. The molecule has 0 unspecified atom stereocenters. The third-order valence-electron chi connectivity index (χ3n) is 8.19. The Bertz CT molecular complexity index is 1490. The average molecular weight is 527 g/mol. The Morgan fingerprint density at radius 3 is 2.72 bits per heavy atom. The van der Waals surface area contributed by atoms with Crippen LogP contribution in [0.15, 0.2) is 54.6 Å². The second-order valence-corrected chi connectivity index (χ2v) is 10.8. The number of rotatable bonds is 7. The van der Waals surface area contributed by atoms with E-state index in [0.29, 0.717) is 0 Å². The highest BCUT2D eigenvalue weighted by molar-refractivity contribution is 5.81. The number of carbonyl (C=O) groups is 1. The molecule has 0 fully saturated rings. The SMILES string of the molecule is CC[C@@H]1CN(Cc2cc([C@@H](c3ccc4c(nnn4C)c3C)[C@@H](C)C(=O)OC)ccc2C)Cc2ccccc2O1. The van der Waals surface area contributed by atoms with Crippen molar-refractivity contribution in [3.8, 4) is 5.75 Å². The molecule has 5 rings (SSSR count). The summed E-state index contributed by atoms with van der Waals surface area (Å²) in [5, 5.41) is 8.62. The smallest absolute Gasteiger partial charge is 0.309 e. The molecule has 0 amide bonds. The maximum atomic E-state index is 12.9. The van der Waals surface area contributed by atoms with Crippen LogP contribution >= 0.6 is 0 Å². The zero-order chi connectivity index (χ0) is 27.7. The first-order valence-electron chi connectivity index (χ1n) is 13.7. The van der Waals surface area contributed by atoms with Crippen LogP contribution in [0.3, 0.4) is 0 Å². The van der Waals surface area contributed by atoms with E-state index in [2.05, 4.69) is 78.4 Å². The molecule has 7 nitrogen and oxygen atoms in total. The minimum Gasteiger partial charge on any atom is -0.489 e. The standard InChI is InChI=1S/C32H38N4O3/c1-7-26-19-36(17-24-10-8-9-11-29(24)39-26)18-25-16-23(13-12-20(25)2)30(22(4)32(37)38-6)27-14-15-28-31(21(27)3)33-34-35(28)5/h8-16,22,26,30H,7,17-19H2,1-6H3/t22-,26-,30+/m1/s1. The van der Waals surface area contributed by atoms with Crippen molar-refractivity contribution in [1.29, 1.82) is 0 Å². The predicted molar refractivity (Wildman–Crippen MR) is 153 cm³/mol. The van der Waals surface area contributed by atoms with E-state index in [0.717, 1.165) is 59.5 Å². The fourth-order valence-electron chi connectivity index (χ4n) is 5.83. The third-order valence-corrected chi connectivity index (χ3v) is 8.19. The van der Waals surface area contributed by atoms with Gasteiger partial charge in [-0.05, 0) is 60.2 Å². The molecule has 3 atom stereocenters. The Kier molecular flexibility index (Phi) is 7.71. The van der Waals surface area contributed by atoms with E-state index in [1.54, 1.807) is 4.68 Å². The number of hydrogen-bond donors (Lipinski definition) is 0.